The standard InChI is InChI=1S/C13H23N5O3/c1-5-15-11(19)8(4)16-9-10(14)18(6-7(2)3)13(21)17-12(9)20/h7-8,16H,5-6,14H2,1-4H3,(H,15,19)(H,17,20,21). The number of nitrogens with one attached hydrogen (secondary N) is 3. The Morgan fingerprint density at radius 2 is 1.95 bits per heavy atom. The van der Waals surface area contributed by atoms with Crippen LogP contribution in [0.2, 0.25) is 0 Å². The molecule has 1 aromatic rings. The Morgan fingerprint density at radius 3 is 2.48 bits per heavy atom. The van der Waals surface area contributed by atoms with Crippen LogP contribution in [-0.2, 0) is 11.3 Å². The van der Waals surface area contributed by atoms with Crippen LogP contribution < -0.4 is 27.6 Å². The van der Waals surface area contributed by atoms with Crippen molar-refractivity contribution in [2.24, 2.45) is 5.92 Å². The van der Waals surface area contributed by atoms with Crippen LogP contribution in [0.25, 0.3) is 0 Å². The molecule has 1 rings (SSSR count). The number of nitrogens with two attached hydrogens (primary N) is 1. The SMILES string of the molecule is CCNC(=O)C(C)Nc1c(N)n(CC(C)C)c(=O)[nH]c1=O. The Morgan fingerprint density at radius 1 is 1.33 bits per heavy atom. The van der Waals surface area contributed by atoms with Gasteiger partial charge in [-0.25, -0.2) is 4.79 Å². The van der Waals surface area contributed by atoms with Crippen molar-refractivity contribution in [2.45, 2.75) is 40.3 Å². The van der Waals surface area contributed by atoms with Crippen molar-refractivity contribution in [3.05, 3.63) is 20.8 Å². The van der Waals surface area contributed by atoms with Crippen molar-refractivity contribution in [1.29, 1.82) is 0 Å². The Bertz CT molecular complexity index is 617. The van der Waals surface area contributed by atoms with Gasteiger partial charge < -0.3 is 16.4 Å². The minimum absolute atomic E-state index is 0.0357. The number of aromatic nitrogens is 2. The van der Waals surface area contributed by atoms with E-state index in [0.717, 1.165) is 0 Å². The van der Waals surface area contributed by atoms with Gasteiger partial charge in [-0.1, -0.05) is 13.8 Å². The van der Waals surface area contributed by atoms with Crippen molar-refractivity contribution in [2.75, 3.05) is 17.6 Å². The van der Waals surface area contributed by atoms with E-state index in [1.54, 1.807) is 13.8 Å². The number of aromatic amines is 1. The molecule has 0 spiro atoms. The quantitative estimate of drug-likeness (QED) is 0.575. The number of nitrogens with zero attached hydrogens (tertiary/aromatic N) is 1. The highest BCUT2D eigenvalue weighted by molar-refractivity contribution is 5.84. The van der Waals surface area contributed by atoms with Gasteiger partial charge in [0.15, 0.2) is 0 Å². The third-order valence-corrected chi connectivity index (χ3v) is 2.89. The molecule has 21 heavy (non-hydrogen) atoms. The molecule has 0 radical (unpaired) electrons. The maximum atomic E-state index is 11.9. The Balaban J connectivity index is 3.16. The molecule has 1 aromatic heterocycles. The number of hydrogen-bond donors (Lipinski definition) is 4. The van der Waals surface area contributed by atoms with Gasteiger partial charge in [-0.15, -0.1) is 0 Å². The number of amides is 1. The van der Waals surface area contributed by atoms with Crippen molar-refractivity contribution in [3.63, 3.8) is 0 Å². The van der Waals surface area contributed by atoms with Gasteiger partial charge in [0.2, 0.25) is 5.91 Å². The van der Waals surface area contributed by atoms with Gasteiger partial charge in [0.05, 0.1) is 0 Å². The van der Waals surface area contributed by atoms with E-state index in [-0.39, 0.29) is 23.3 Å². The molecule has 1 unspecified atom stereocenters. The first-order chi connectivity index (χ1) is 9.77. The summed E-state index contributed by atoms with van der Waals surface area (Å²) in [4.78, 5) is 37.6. The third kappa shape index (κ3) is 4.11. The normalized spacial score (nSPS) is 12.2. The fourth-order valence-corrected chi connectivity index (χ4v) is 1.88. The highest BCUT2D eigenvalue weighted by Crippen LogP contribution is 2.13. The van der Waals surface area contributed by atoms with Crippen LogP contribution in [0.1, 0.15) is 27.7 Å². The molecule has 0 saturated carbocycles. The summed E-state index contributed by atoms with van der Waals surface area (Å²) in [5, 5.41) is 5.40. The van der Waals surface area contributed by atoms with Crippen LogP contribution >= 0.6 is 0 Å². The maximum Gasteiger partial charge on any atom is 0.330 e. The van der Waals surface area contributed by atoms with Gasteiger partial charge in [-0.05, 0) is 19.8 Å². The largest absolute Gasteiger partial charge is 0.383 e. The topological polar surface area (TPSA) is 122 Å². The summed E-state index contributed by atoms with van der Waals surface area (Å²) >= 11 is 0. The number of rotatable bonds is 6. The Hall–Kier alpha value is -2.25. The van der Waals surface area contributed by atoms with Crippen LogP contribution in [0.5, 0.6) is 0 Å². The van der Waals surface area contributed by atoms with Gasteiger partial charge in [-0.3, -0.25) is 19.1 Å². The first-order valence-electron chi connectivity index (χ1n) is 6.94. The Labute approximate surface area is 122 Å². The van der Waals surface area contributed by atoms with Crippen molar-refractivity contribution >= 4 is 17.4 Å². The van der Waals surface area contributed by atoms with E-state index < -0.39 is 17.3 Å². The van der Waals surface area contributed by atoms with E-state index in [4.69, 9.17) is 5.73 Å². The molecule has 0 aliphatic carbocycles. The van der Waals surface area contributed by atoms with E-state index in [2.05, 4.69) is 15.6 Å². The zero-order valence-electron chi connectivity index (χ0n) is 12.8. The van der Waals surface area contributed by atoms with Crippen LogP contribution in [0.15, 0.2) is 9.59 Å². The van der Waals surface area contributed by atoms with Crippen LogP contribution in [0.4, 0.5) is 11.5 Å². The van der Waals surface area contributed by atoms with Crippen molar-refractivity contribution < 1.29 is 4.79 Å². The average Bonchev–Trinajstić information content (AvgIpc) is 2.39. The number of hydrogen-bond acceptors (Lipinski definition) is 5. The van der Waals surface area contributed by atoms with E-state index in [0.29, 0.717) is 13.1 Å². The van der Waals surface area contributed by atoms with Crippen LogP contribution in [0.3, 0.4) is 0 Å². The lowest BCUT2D eigenvalue weighted by Gasteiger charge is -2.18. The molecule has 0 aliphatic rings. The second kappa shape index (κ2) is 6.96. The number of carbonyl (C=O) groups is 1. The highest BCUT2D eigenvalue weighted by Gasteiger charge is 2.18. The molecular formula is C13H23N5O3. The lowest BCUT2D eigenvalue weighted by molar-refractivity contribution is -0.121. The fraction of sp³-hybridized carbons (Fsp3) is 0.615. The molecule has 1 atom stereocenters. The molecule has 0 fully saturated rings. The monoisotopic (exact) mass is 297 g/mol. The molecular weight excluding hydrogens is 274 g/mol. The molecule has 8 nitrogen and oxygen atoms in total. The first-order valence-corrected chi connectivity index (χ1v) is 6.94. The first kappa shape index (κ1) is 16.8. The third-order valence-electron chi connectivity index (χ3n) is 2.89. The molecule has 0 bridgehead atoms. The second-order valence-electron chi connectivity index (χ2n) is 5.28. The van der Waals surface area contributed by atoms with Gasteiger partial charge in [0.25, 0.3) is 5.56 Å². The van der Waals surface area contributed by atoms with E-state index in [9.17, 15) is 14.4 Å². The van der Waals surface area contributed by atoms with E-state index in [1.165, 1.54) is 4.57 Å². The molecule has 0 saturated heterocycles. The molecule has 5 N–H and O–H groups in total. The maximum absolute atomic E-state index is 11.9. The summed E-state index contributed by atoms with van der Waals surface area (Å²) in [5.74, 6) is -0.0314. The fourth-order valence-electron chi connectivity index (χ4n) is 1.88. The second-order valence-corrected chi connectivity index (χ2v) is 5.28. The number of H-pyrrole nitrogens is 1. The molecule has 0 aromatic carbocycles. The predicted molar refractivity (Wildman–Crippen MR) is 82.3 cm³/mol. The smallest absolute Gasteiger partial charge is 0.330 e. The molecule has 0 aliphatic heterocycles. The molecule has 1 heterocycles. The number of anilines is 2. The van der Waals surface area contributed by atoms with E-state index >= 15 is 0 Å². The van der Waals surface area contributed by atoms with Gasteiger partial charge >= 0.3 is 5.69 Å². The van der Waals surface area contributed by atoms with Crippen molar-refractivity contribution in [3.8, 4) is 0 Å². The Kier molecular flexibility index (Phi) is 5.57. The predicted octanol–water partition coefficient (Wildman–Crippen LogP) is -0.289. The zero-order valence-corrected chi connectivity index (χ0v) is 12.8. The van der Waals surface area contributed by atoms with Crippen LogP contribution in [0, 0.1) is 5.92 Å². The van der Waals surface area contributed by atoms with Gasteiger partial charge in [-0.2, -0.15) is 0 Å². The zero-order chi connectivity index (χ0) is 16.2. The summed E-state index contributed by atoms with van der Waals surface area (Å²) in [6.45, 7) is 8.15. The number of likely N-dealkylation sites (N-methyl/N-ethyl adjacent to an activating group) is 1. The summed E-state index contributed by atoms with van der Waals surface area (Å²) < 4.78 is 1.29. The summed E-state index contributed by atoms with van der Waals surface area (Å²) in [5.41, 5.74) is 4.76. The van der Waals surface area contributed by atoms with Gasteiger partial charge in [0, 0.05) is 13.1 Å². The summed E-state index contributed by atoms with van der Waals surface area (Å²) in [6, 6.07) is -0.640. The minimum atomic E-state index is -0.640. The lowest BCUT2D eigenvalue weighted by Crippen LogP contribution is -2.41. The summed E-state index contributed by atoms with van der Waals surface area (Å²) in [6.07, 6.45) is 0. The average molecular weight is 297 g/mol. The van der Waals surface area contributed by atoms with Crippen LogP contribution in [-0.4, -0.2) is 28.0 Å². The van der Waals surface area contributed by atoms with Crippen molar-refractivity contribution in [1.82, 2.24) is 14.9 Å². The summed E-state index contributed by atoms with van der Waals surface area (Å²) in [7, 11) is 0. The van der Waals surface area contributed by atoms with E-state index in [1.807, 2.05) is 13.8 Å². The highest BCUT2D eigenvalue weighted by atomic mass is 16.2. The minimum Gasteiger partial charge on any atom is -0.383 e. The lowest BCUT2D eigenvalue weighted by atomic mass is 10.2. The van der Waals surface area contributed by atoms with Gasteiger partial charge in [0.1, 0.15) is 17.5 Å². The number of carbonyl (C=O) groups excluding carboxylic acids is 1. The molecule has 8 heteroatoms. The molecule has 118 valence electrons. The molecule has 1 amide bonds. The number of nitrogen functional groups attached to an aromatic ring is 1.